The third-order valence-corrected chi connectivity index (χ3v) is 7.35. The second-order valence-corrected chi connectivity index (χ2v) is 9.79. The SMILES string of the molecule is CC1(C)c2cc(-c3ccccc3-c3ccccc3)ccc2-n2c(-c3ncccn3)nc3cccc1c32. The van der Waals surface area contributed by atoms with Gasteiger partial charge in [0.05, 0.1) is 16.7 Å². The highest BCUT2D eigenvalue weighted by Crippen LogP contribution is 2.47. The van der Waals surface area contributed by atoms with Gasteiger partial charge in [-0.15, -0.1) is 0 Å². The van der Waals surface area contributed by atoms with Gasteiger partial charge in [-0.25, -0.2) is 15.0 Å². The summed E-state index contributed by atoms with van der Waals surface area (Å²) in [5.74, 6) is 1.40. The minimum Gasteiger partial charge on any atom is -0.289 e. The Kier molecular flexibility index (Phi) is 4.45. The summed E-state index contributed by atoms with van der Waals surface area (Å²) in [7, 11) is 0. The van der Waals surface area contributed by atoms with Crippen LogP contribution in [-0.2, 0) is 5.41 Å². The van der Waals surface area contributed by atoms with Crippen LogP contribution in [0.25, 0.3) is 50.6 Å². The van der Waals surface area contributed by atoms with E-state index in [4.69, 9.17) is 4.98 Å². The molecule has 0 unspecified atom stereocenters. The zero-order chi connectivity index (χ0) is 24.3. The van der Waals surface area contributed by atoms with Crippen LogP contribution in [0.4, 0.5) is 0 Å². The molecule has 1 aliphatic heterocycles. The first-order chi connectivity index (χ1) is 17.6. The number of para-hydroxylation sites is 1. The van der Waals surface area contributed by atoms with E-state index in [2.05, 4.69) is 119 Å². The molecule has 4 heteroatoms. The van der Waals surface area contributed by atoms with Crippen molar-refractivity contribution in [1.82, 2.24) is 19.5 Å². The molecule has 0 saturated carbocycles. The number of nitrogens with zero attached hydrogens (tertiary/aromatic N) is 4. The number of rotatable bonds is 3. The number of fused-ring (bicyclic) bond motifs is 2. The average Bonchev–Trinajstić information content (AvgIpc) is 3.33. The molecular formula is C32H24N4. The summed E-state index contributed by atoms with van der Waals surface area (Å²) in [6, 6.07) is 34.3. The van der Waals surface area contributed by atoms with Crippen LogP contribution in [0.5, 0.6) is 0 Å². The second kappa shape index (κ2) is 7.72. The lowest BCUT2D eigenvalue weighted by molar-refractivity contribution is 0.629. The first kappa shape index (κ1) is 20.8. The highest BCUT2D eigenvalue weighted by atomic mass is 15.1. The van der Waals surface area contributed by atoms with Gasteiger partial charge < -0.3 is 0 Å². The van der Waals surface area contributed by atoms with Crippen LogP contribution in [0.1, 0.15) is 25.0 Å². The summed E-state index contributed by atoms with van der Waals surface area (Å²) in [6.45, 7) is 4.62. The van der Waals surface area contributed by atoms with Crippen molar-refractivity contribution in [3.63, 3.8) is 0 Å². The molecule has 36 heavy (non-hydrogen) atoms. The van der Waals surface area contributed by atoms with Crippen molar-refractivity contribution in [2.24, 2.45) is 0 Å². The van der Waals surface area contributed by atoms with Gasteiger partial charge in [0.2, 0.25) is 0 Å². The lowest BCUT2D eigenvalue weighted by Crippen LogP contribution is -2.26. The van der Waals surface area contributed by atoms with Gasteiger partial charge in [-0.2, -0.15) is 0 Å². The van der Waals surface area contributed by atoms with Crippen molar-refractivity contribution in [2.75, 3.05) is 0 Å². The average molecular weight is 465 g/mol. The van der Waals surface area contributed by atoms with Crippen LogP contribution in [0.3, 0.4) is 0 Å². The first-order valence-corrected chi connectivity index (χ1v) is 12.2. The van der Waals surface area contributed by atoms with E-state index in [-0.39, 0.29) is 5.41 Å². The molecule has 172 valence electrons. The molecule has 0 atom stereocenters. The molecule has 0 spiro atoms. The fourth-order valence-corrected chi connectivity index (χ4v) is 5.58. The molecule has 6 aromatic rings. The minimum atomic E-state index is -0.197. The van der Waals surface area contributed by atoms with Crippen LogP contribution >= 0.6 is 0 Å². The number of benzene rings is 4. The Labute approximate surface area is 210 Å². The zero-order valence-electron chi connectivity index (χ0n) is 20.2. The van der Waals surface area contributed by atoms with Gasteiger partial charge in [-0.3, -0.25) is 4.57 Å². The second-order valence-electron chi connectivity index (χ2n) is 9.79. The maximum absolute atomic E-state index is 4.99. The monoisotopic (exact) mass is 464 g/mol. The largest absolute Gasteiger partial charge is 0.289 e. The summed E-state index contributed by atoms with van der Waals surface area (Å²) >= 11 is 0. The van der Waals surface area contributed by atoms with E-state index in [1.165, 1.54) is 33.4 Å². The van der Waals surface area contributed by atoms with E-state index >= 15 is 0 Å². The Hall–Kier alpha value is -4.57. The maximum atomic E-state index is 4.99. The lowest BCUT2D eigenvalue weighted by atomic mass is 9.74. The van der Waals surface area contributed by atoms with Crippen molar-refractivity contribution in [3.05, 3.63) is 121 Å². The standard InChI is InChI=1S/C32H24N4/c1-32(2)25-14-8-15-27-29(25)36(31(35-27)30-33-18-9-19-34-30)28-17-16-22(20-26(28)32)24-13-7-6-12-23(24)21-10-4-3-5-11-21/h3-20H,1-2H3. The molecule has 2 aromatic heterocycles. The Morgan fingerprint density at radius 1 is 0.639 bits per heavy atom. The van der Waals surface area contributed by atoms with E-state index in [0.29, 0.717) is 5.82 Å². The molecule has 0 N–H and O–H groups in total. The molecule has 4 aromatic carbocycles. The number of imidazole rings is 1. The molecule has 0 aliphatic carbocycles. The quantitative estimate of drug-likeness (QED) is 0.273. The van der Waals surface area contributed by atoms with E-state index < -0.39 is 0 Å². The fourth-order valence-electron chi connectivity index (χ4n) is 5.58. The van der Waals surface area contributed by atoms with E-state index in [9.17, 15) is 0 Å². The predicted molar refractivity (Wildman–Crippen MR) is 145 cm³/mol. The highest BCUT2D eigenvalue weighted by molar-refractivity contribution is 5.91. The molecule has 7 rings (SSSR count). The van der Waals surface area contributed by atoms with Crippen LogP contribution in [0.2, 0.25) is 0 Å². The summed E-state index contributed by atoms with van der Waals surface area (Å²) in [5.41, 5.74) is 10.4. The Balaban J connectivity index is 1.50. The molecule has 0 fully saturated rings. The van der Waals surface area contributed by atoms with Gasteiger partial charge in [-0.05, 0) is 57.6 Å². The highest BCUT2D eigenvalue weighted by Gasteiger charge is 2.36. The Bertz CT molecular complexity index is 1750. The number of hydrogen-bond acceptors (Lipinski definition) is 3. The van der Waals surface area contributed by atoms with Gasteiger partial charge in [0.1, 0.15) is 0 Å². The topological polar surface area (TPSA) is 43.6 Å². The molecular weight excluding hydrogens is 440 g/mol. The van der Waals surface area contributed by atoms with Crippen LogP contribution in [-0.4, -0.2) is 19.5 Å². The fraction of sp³-hybridized carbons (Fsp3) is 0.0938. The Morgan fingerprint density at radius 2 is 1.36 bits per heavy atom. The van der Waals surface area contributed by atoms with E-state index in [1.807, 2.05) is 6.07 Å². The van der Waals surface area contributed by atoms with Crippen LogP contribution < -0.4 is 0 Å². The van der Waals surface area contributed by atoms with Crippen molar-refractivity contribution < 1.29 is 0 Å². The molecule has 0 saturated heterocycles. The third-order valence-electron chi connectivity index (χ3n) is 7.35. The molecule has 1 aliphatic rings. The predicted octanol–water partition coefficient (Wildman–Crippen LogP) is 7.46. The third kappa shape index (κ3) is 2.97. The smallest absolute Gasteiger partial charge is 0.196 e. The summed E-state index contributed by atoms with van der Waals surface area (Å²) in [4.78, 5) is 14.1. The molecule has 0 amide bonds. The van der Waals surface area contributed by atoms with Gasteiger partial charge in [0.25, 0.3) is 0 Å². The zero-order valence-corrected chi connectivity index (χ0v) is 20.2. The normalized spacial score (nSPS) is 13.5. The minimum absolute atomic E-state index is 0.197. The Morgan fingerprint density at radius 3 is 2.14 bits per heavy atom. The van der Waals surface area contributed by atoms with Gasteiger partial charge >= 0.3 is 0 Å². The molecule has 0 radical (unpaired) electrons. The van der Waals surface area contributed by atoms with Crippen LogP contribution in [0.15, 0.2) is 109 Å². The van der Waals surface area contributed by atoms with Gasteiger partial charge in [-0.1, -0.05) is 86.6 Å². The number of hydrogen-bond donors (Lipinski definition) is 0. The number of aromatic nitrogens is 4. The summed E-state index contributed by atoms with van der Waals surface area (Å²) in [6.07, 6.45) is 3.54. The van der Waals surface area contributed by atoms with Crippen molar-refractivity contribution in [3.8, 4) is 39.6 Å². The summed E-state index contributed by atoms with van der Waals surface area (Å²) in [5, 5.41) is 0. The van der Waals surface area contributed by atoms with Crippen molar-refractivity contribution in [1.29, 1.82) is 0 Å². The van der Waals surface area contributed by atoms with Crippen LogP contribution in [0, 0.1) is 0 Å². The van der Waals surface area contributed by atoms with E-state index in [0.717, 1.165) is 22.5 Å². The maximum Gasteiger partial charge on any atom is 0.196 e. The van der Waals surface area contributed by atoms with Crippen molar-refractivity contribution >= 4 is 11.0 Å². The molecule has 0 bridgehead atoms. The van der Waals surface area contributed by atoms with Crippen molar-refractivity contribution in [2.45, 2.75) is 19.3 Å². The first-order valence-electron chi connectivity index (χ1n) is 12.2. The van der Waals surface area contributed by atoms with Gasteiger partial charge in [0, 0.05) is 17.8 Å². The summed E-state index contributed by atoms with van der Waals surface area (Å²) < 4.78 is 2.24. The van der Waals surface area contributed by atoms with E-state index in [1.54, 1.807) is 12.4 Å². The molecule has 3 heterocycles. The molecule has 4 nitrogen and oxygen atoms in total. The lowest BCUT2D eigenvalue weighted by Gasteiger charge is -2.35. The van der Waals surface area contributed by atoms with Gasteiger partial charge in [0.15, 0.2) is 11.6 Å².